The molecule has 0 aliphatic carbocycles. The van der Waals surface area contributed by atoms with E-state index in [1.807, 2.05) is 0 Å². The summed E-state index contributed by atoms with van der Waals surface area (Å²) >= 11 is 1.32. The van der Waals surface area contributed by atoms with Crippen LogP contribution in [0.4, 0.5) is 11.4 Å². The van der Waals surface area contributed by atoms with E-state index in [0.717, 1.165) is 0 Å². The van der Waals surface area contributed by atoms with Crippen LogP contribution in [0.15, 0.2) is 53.6 Å². The van der Waals surface area contributed by atoms with Crippen molar-refractivity contribution in [3.63, 3.8) is 0 Å². The van der Waals surface area contributed by atoms with E-state index >= 15 is 0 Å². The average Bonchev–Trinajstić information content (AvgIpc) is 2.62. The van der Waals surface area contributed by atoms with Gasteiger partial charge in [-0.2, -0.15) is 0 Å². The van der Waals surface area contributed by atoms with Gasteiger partial charge in [0.05, 0.1) is 22.7 Å². The molecule has 0 radical (unpaired) electrons. The fraction of sp³-hybridized carbons (Fsp3) is 0.118. The van der Waals surface area contributed by atoms with E-state index in [1.54, 1.807) is 12.3 Å². The number of carbonyl (C=O) groups excluding carboxylic acids is 1. The second-order valence-corrected chi connectivity index (χ2v) is 5.74. The summed E-state index contributed by atoms with van der Waals surface area (Å²) in [4.78, 5) is 22.5. The Morgan fingerprint density at radius 1 is 1.28 bits per heavy atom. The monoisotopic (exact) mass is 360 g/mol. The molecule has 0 aromatic heterocycles. The molecule has 0 saturated carbocycles. The summed E-state index contributed by atoms with van der Waals surface area (Å²) in [6.45, 7) is 0. The fourth-order valence-corrected chi connectivity index (χ4v) is 2.45. The van der Waals surface area contributed by atoms with E-state index in [-0.39, 0.29) is 17.2 Å². The lowest BCUT2D eigenvalue weighted by Crippen LogP contribution is -2.03. The Morgan fingerprint density at radius 3 is 2.52 bits per heavy atom. The highest BCUT2D eigenvalue weighted by molar-refractivity contribution is 8.02. The van der Waals surface area contributed by atoms with Gasteiger partial charge in [0.2, 0.25) is 0 Å². The quantitative estimate of drug-likeness (QED) is 0.254. The van der Waals surface area contributed by atoms with Gasteiger partial charge in [0.1, 0.15) is 11.5 Å². The molecular formula is C17H16N2O5S. The number of nitrogens with zero attached hydrogens (tertiary/aromatic N) is 1. The number of allylic oxidation sites excluding steroid dienone is 1. The third-order valence-corrected chi connectivity index (χ3v) is 3.95. The molecule has 130 valence electrons. The minimum Gasteiger partial charge on any atom is -0.508 e. The summed E-state index contributed by atoms with van der Waals surface area (Å²) in [5.74, 6) is 0.214. The maximum Gasteiger partial charge on any atom is 0.269 e. The number of ether oxygens (including phenoxy) is 1. The van der Waals surface area contributed by atoms with Crippen molar-refractivity contribution in [3.8, 4) is 11.5 Å². The number of nitro benzene ring substituents is 1. The van der Waals surface area contributed by atoms with Crippen molar-refractivity contribution in [1.82, 2.24) is 0 Å². The third-order valence-electron chi connectivity index (χ3n) is 3.29. The van der Waals surface area contributed by atoms with Crippen molar-refractivity contribution in [2.24, 2.45) is 0 Å². The van der Waals surface area contributed by atoms with E-state index in [1.165, 1.54) is 61.3 Å². The van der Waals surface area contributed by atoms with E-state index in [2.05, 4.69) is 5.32 Å². The van der Waals surface area contributed by atoms with Crippen molar-refractivity contribution in [3.05, 3.63) is 69.2 Å². The lowest BCUT2D eigenvalue weighted by atomic mass is 10.1. The topological polar surface area (TPSA) is 102 Å². The molecule has 0 amide bonds. The Balaban J connectivity index is 2.21. The number of ketones is 1. The van der Waals surface area contributed by atoms with E-state index in [4.69, 9.17) is 4.74 Å². The second-order valence-electron chi connectivity index (χ2n) is 4.89. The lowest BCUT2D eigenvalue weighted by Gasteiger charge is -2.12. The standard InChI is InChI=1S/C17H16N2O5S/c1-24-16-9-13(20)7-8-14(16)18-17(25-2)10-15(21)11-3-5-12(6-4-11)19(22)23/h3-10,18,20H,1-2H3/b17-10-. The third kappa shape index (κ3) is 4.74. The molecule has 0 heterocycles. The highest BCUT2D eigenvalue weighted by atomic mass is 32.2. The molecule has 0 unspecified atom stereocenters. The first-order valence-electron chi connectivity index (χ1n) is 7.13. The number of benzene rings is 2. The van der Waals surface area contributed by atoms with Gasteiger partial charge in [-0.15, -0.1) is 11.8 Å². The van der Waals surface area contributed by atoms with Gasteiger partial charge in [0.15, 0.2) is 5.78 Å². The molecule has 0 spiro atoms. The van der Waals surface area contributed by atoms with Crippen molar-refractivity contribution >= 4 is 28.9 Å². The number of hydrogen-bond acceptors (Lipinski definition) is 7. The SMILES string of the molecule is COc1cc(O)ccc1N/C(=C/C(=O)c1ccc([N+](=O)[O-])cc1)SC. The van der Waals surface area contributed by atoms with Crippen molar-refractivity contribution < 1.29 is 19.6 Å². The molecule has 25 heavy (non-hydrogen) atoms. The van der Waals surface area contributed by atoms with Crippen LogP contribution in [-0.2, 0) is 0 Å². The number of methoxy groups -OCH3 is 1. The average molecular weight is 360 g/mol. The van der Waals surface area contributed by atoms with Gasteiger partial charge in [-0.05, 0) is 30.5 Å². The number of hydrogen-bond donors (Lipinski definition) is 2. The van der Waals surface area contributed by atoms with Gasteiger partial charge in [-0.3, -0.25) is 14.9 Å². The number of phenols is 1. The summed E-state index contributed by atoms with van der Waals surface area (Å²) in [5, 5.41) is 23.8. The van der Waals surface area contributed by atoms with Crippen LogP contribution in [0.5, 0.6) is 11.5 Å². The van der Waals surface area contributed by atoms with Crippen LogP contribution in [0.25, 0.3) is 0 Å². The number of rotatable bonds is 7. The number of nitrogens with one attached hydrogen (secondary N) is 1. The number of aromatic hydroxyl groups is 1. The highest BCUT2D eigenvalue weighted by Crippen LogP contribution is 2.31. The summed E-state index contributed by atoms with van der Waals surface area (Å²) in [7, 11) is 1.48. The smallest absolute Gasteiger partial charge is 0.269 e. The van der Waals surface area contributed by atoms with Gasteiger partial charge in [0, 0.05) is 29.8 Å². The summed E-state index contributed by atoms with van der Waals surface area (Å²) < 4.78 is 5.19. The largest absolute Gasteiger partial charge is 0.508 e. The van der Waals surface area contributed by atoms with E-state index in [0.29, 0.717) is 22.0 Å². The predicted molar refractivity (Wildman–Crippen MR) is 97.3 cm³/mol. The van der Waals surface area contributed by atoms with Crippen LogP contribution in [0.2, 0.25) is 0 Å². The summed E-state index contributed by atoms with van der Waals surface area (Å²) in [5.41, 5.74) is 0.867. The molecular weight excluding hydrogens is 344 g/mol. The molecule has 2 rings (SSSR count). The first kappa shape index (κ1) is 18.3. The minimum atomic E-state index is -0.518. The Bertz CT molecular complexity index is 818. The number of non-ortho nitro benzene ring substituents is 1. The van der Waals surface area contributed by atoms with Crippen LogP contribution < -0.4 is 10.1 Å². The molecule has 0 aliphatic heterocycles. The molecule has 2 aromatic rings. The molecule has 2 aromatic carbocycles. The molecule has 7 nitrogen and oxygen atoms in total. The van der Waals surface area contributed by atoms with Crippen LogP contribution in [0.3, 0.4) is 0 Å². The fourth-order valence-electron chi connectivity index (χ4n) is 2.01. The summed E-state index contributed by atoms with van der Waals surface area (Å²) in [6, 6.07) is 9.99. The van der Waals surface area contributed by atoms with Gasteiger partial charge < -0.3 is 15.2 Å². The molecule has 0 fully saturated rings. The van der Waals surface area contributed by atoms with Gasteiger partial charge in [0.25, 0.3) is 5.69 Å². The van der Waals surface area contributed by atoms with Gasteiger partial charge in [-0.25, -0.2) is 0 Å². The molecule has 0 saturated heterocycles. The lowest BCUT2D eigenvalue weighted by molar-refractivity contribution is -0.384. The van der Waals surface area contributed by atoms with Crippen molar-refractivity contribution in [2.45, 2.75) is 0 Å². The number of phenolic OH excluding ortho intramolecular Hbond substituents is 1. The number of anilines is 1. The summed E-state index contributed by atoms with van der Waals surface area (Å²) in [6.07, 6.45) is 3.20. The Hall–Kier alpha value is -3.00. The maximum atomic E-state index is 12.3. The van der Waals surface area contributed by atoms with Crippen LogP contribution >= 0.6 is 11.8 Å². The molecule has 8 heteroatoms. The number of carbonyl (C=O) groups is 1. The minimum absolute atomic E-state index is 0.0686. The van der Waals surface area contributed by atoms with Gasteiger partial charge >= 0.3 is 0 Å². The first-order chi connectivity index (χ1) is 11.9. The number of thioether (sulfide) groups is 1. The van der Waals surface area contributed by atoms with Crippen LogP contribution in [0.1, 0.15) is 10.4 Å². The second kappa shape index (κ2) is 8.20. The number of nitro groups is 1. The van der Waals surface area contributed by atoms with Crippen LogP contribution in [-0.4, -0.2) is 29.2 Å². The molecule has 0 atom stereocenters. The Labute approximate surface area is 148 Å². The zero-order valence-electron chi connectivity index (χ0n) is 13.6. The molecule has 2 N–H and O–H groups in total. The van der Waals surface area contributed by atoms with Crippen molar-refractivity contribution in [1.29, 1.82) is 0 Å². The first-order valence-corrected chi connectivity index (χ1v) is 8.35. The zero-order chi connectivity index (χ0) is 18.4. The maximum absolute atomic E-state index is 12.3. The van der Waals surface area contributed by atoms with E-state index in [9.17, 15) is 20.0 Å². The molecule has 0 aliphatic rings. The predicted octanol–water partition coefficient (Wildman–Crippen LogP) is 3.81. The van der Waals surface area contributed by atoms with Crippen LogP contribution in [0, 0.1) is 10.1 Å². The normalized spacial score (nSPS) is 11.0. The zero-order valence-corrected chi connectivity index (χ0v) is 14.4. The Kier molecular flexibility index (Phi) is 6.02. The Morgan fingerprint density at radius 2 is 1.96 bits per heavy atom. The highest BCUT2D eigenvalue weighted by Gasteiger charge is 2.10. The van der Waals surface area contributed by atoms with E-state index < -0.39 is 4.92 Å². The van der Waals surface area contributed by atoms with Gasteiger partial charge in [-0.1, -0.05) is 0 Å². The molecule has 0 bridgehead atoms. The van der Waals surface area contributed by atoms with Crippen molar-refractivity contribution in [2.75, 3.05) is 18.7 Å².